The lowest BCUT2D eigenvalue weighted by atomic mass is 9.94. The van der Waals surface area contributed by atoms with E-state index in [1.807, 2.05) is 18.2 Å². The van der Waals surface area contributed by atoms with Gasteiger partial charge in [0, 0.05) is 0 Å². The Hall–Kier alpha value is -1.08. The maximum Gasteiger partial charge on any atom is 0.0580 e. The van der Waals surface area contributed by atoms with Crippen molar-refractivity contribution in [2.45, 2.75) is 64.9 Å². The number of hydrogen-bond acceptors (Lipinski definition) is 1. The molecule has 1 rings (SSSR count). The first-order chi connectivity index (χ1) is 9.58. The molecule has 1 aromatic rings. The Kier molecular flexibility index (Phi) is 8.29. The van der Waals surface area contributed by atoms with E-state index < -0.39 is 0 Å². The lowest BCUT2D eigenvalue weighted by Gasteiger charge is -2.15. The van der Waals surface area contributed by atoms with Crippen molar-refractivity contribution in [3.8, 4) is 0 Å². The predicted octanol–water partition coefficient (Wildman–Crippen LogP) is 5.14. The molecule has 0 saturated heterocycles. The van der Waals surface area contributed by atoms with Gasteiger partial charge in [-0.15, -0.1) is 6.58 Å². The van der Waals surface area contributed by atoms with E-state index in [2.05, 4.69) is 32.6 Å². The van der Waals surface area contributed by atoms with E-state index >= 15 is 0 Å². The molecular formula is C19H30O. The van der Waals surface area contributed by atoms with Crippen LogP contribution in [0.5, 0.6) is 0 Å². The highest BCUT2D eigenvalue weighted by Gasteiger charge is 2.09. The van der Waals surface area contributed by atoms with E-state index in [1.54, 1.807) is 0 Å². The molecule has 0 bridgehead atoms. The summed E-state index contributed by atoms with van der Waals surface area (Å²) in [7, 11) is 0. The molecule has 0 aliphatic rings. The highest BCUT2D eigenvalue weighted by Crippen LogP contribution is 2.18. The summed E-state index contributed by atoms with van der Waals surface area (Å²) in [5, 5.41) is 10.1. The second kappa shape index (κ2) is 9.77. The molecule has 20 heavy (non-hydrogen) atoms. The van der Waals surface area contributed by atoms with Crippen molar-refractivity contribution in [2.24, 2.45) is 5.92 Å². The molecule has 2 atom stereocenters. The Morgan fingerprint density at radius 1 is 1.10 bits per heavy atom. The molecule has 0 radical (unpaired) electrons. The molecule has 0 saturated carbocycles. The lowest BCUT2D eigenvalue weighted by molar-refractivity contribution is 0.154. The van der Waals surface area contributed by atoms with Gasteiger partial charge < -0.3 is 5.11 Å². The summed E-state index contributed by atoms with van der Waals surface area (Å²) in [6, 6.07) is 10.3. The zero-order chi connectivity index (χ0) is 14.8. The van der Waals surface area contributed by atoms with Crippen molar-refractivity contribution in [2.75, 3.05) is 0 Å². The van der Waals surface area contributed by atoms with Gasteiger partial charge in [-0.05, 0) is 50.5 Å². The normalized spacial score (nSPS) is 13.9. The van der Waals surface area contributed by atoms with Crippen LogP contribution in [0.1, 0.15) is 57.9 Å². The van der Waals surface area contributed by atoms with E-state index in [9.17, 15) is 5.11 Å². The van der Waals surface area contributed by atoms with Crippen molar-refractivity contribution in [3.63, 3.8) is 0 Å². The molecule has 0 amide bonds. The fourth-order valence-corrected chi connectivity index (χ4v) is 2.53. The molecule has 0 aliphatic carbocycles. The van der Waals surface area contributed by atoms with Crippen LogP contribution in [0, 0.1) is 5.92 Å². The SMILES string of the molecule is C=C(C)CCCC[C@@H](C)CCC(O)Cc1ccccc1. The minimum atomic E-state index is -0.199. The highest BCUT2D eigenvalue weighted by atomic mass is 16.3. The minimum absolute atomic E-state index is 0.199. The second-order valence-electron chi connectivity index (χ2n) is 6.23. The first kappa shape index (κ1) is 17.0. The van der Waals surface area contributed by atoms with Gasteiger partial charge in [0.1, 0.15) is 0 Å². The van der Waals surface area contributed by atoms with Crippen molar-refractivity contribution < 1.29 is 5.11 Å². The summed E-state index contributed by atoms with van der Waals surface area (Å²) < 4.78 is 0. The largest absolute Gasteiger partial charge is 0.393 e. The summed E-state index contributed by atoms with van der Waals surface area (Å²) in [6.45, 7) is 8.34. The van der Waals surface area contributed by atoms with Crippen LogP contribution in [0.4, 0.5) is 0 Å². The monoisotopic (exact) mass is 274 g/mol. The fourth-order valence-electron chi connectivity index (χ4n) is 2.53. The number of aliphatic hydroxyl groups is 1. The number of aliphatic hydroxyl groups excluding tert-OH is 1. The van der Waals surface area contributed by atoms with Gasteiger partial charge in [0.15, 0.2) is 0 Å². The Morgan fingerprint density at radius 2 is 1.80 bits per heavy atom. The van der Waals surface area contributed by atoms with Crippen molar-refractivity contribution in [3.05, 3.63) is 48.0 Å². The number of benzene rings is 1. The molecule has 1 aromatic carbocycles. The van der Waals surface area contributed by atoms with Crippen LogP contribution in [0.3, 0.4) is 0 Å². The Balaban J connectivity index is 2.11. The third-order valence-corrected chi connectivity index (χ3v) is 3.86. The van der Waals surface area contributed by atoms with Crippen LogP contribution in [-0.2, 0) is 6.42 Å². The molecule has 0 aliphatic heterocycles. The topological polar surface area (TPSA) is 20.2 Å². The van der Waals surface area contributed by atoms with Crippen molar-refractivity contribution in [1.82, 2.24) is 0 Å². The van der Waals surface area contributed by atoms with E-state index in [-0.39, 0.29) is 6.10 Å². The quantitative estimate of drug-likeness (QED) is 0.462. The number of rotatable bonds is 10. The minimum Gasteiger partial charge on any atom is -0.393 e. The smallest absolute Gasteiger partial charge is 0.0580 e. The molecule has 1 heteroatoms. The Morgan fingerprint density at radius 3 is 2.45 bits per heavy atom. The van der Waals surface area contributed by atoms with Crippen molar-refractivity contribution in [1.29, 1.82) is 0 Å². The maximum atomic E-state index is 10.1. The van der Waals surface area contributed by atoms with Crippen LogP contribution in [0.2, 0.25) is 0 Å². The lowest BCUT2D eigenvalue weighted by Crippen LogP contribution is -2.12. The van der Waals surface area contributed by atoms with E-state index in [0.717, 1.165) is 25.7 Å². The number of allylic oxidation sites excluding steroid dienone is 1. The molecule has 0 aromatic heterocycles. The van der Waals surface area contributed by atoms with Gasteiger partial charge in [-0.2, -0.15) is 0 Å². The predicted molar refractivity (Wildman–Crippen MR) is 87.8 cm³/mol. The average molecular weight is 274 g/mol. The third kappa shape index (κ3) is 8.16. The third-order valence-electron chi connectivity index (χ3n) is 3.86. The first-order valence-corrected chi connectivity index (χ1v) is 7.94. The summed E-state index contributed by atoms with van der Waals surface area (Å²) in [5.74, 6) is 0.713. The van der Waals surface area contributed by atoms with Crippen LogP contribution < -0.4 is 0 Å². The van der Waals surface area contributed by atoms with E-state index in [4.69, 9.17) is 0 Å². The molecular weight excluding hydrogens is 244 g/mol. The summed E-state index contributed by atoms with van der Waals surface area (Å²) in [5.41, 5.74) is 2.52. The van der Waals surface area contributed by atoms with E-state index in [0.29, 0.717) is 5.92 Å². The molecule has 112 valence electrons. The molecule has 1 nitrogen and oxygen atoms in total. The highest BCUT2D eigenvalue weighted by molar-refractivity contribution is 5.15. The fraction of sp³-hybridized carbons (Fsp3) is 0.579. The zero-order valence-electron chi connectivity index (χ0n) is 13.1. The van der Waals surface area contributed by atoms with Gasteiger partial charge in [-0.1, -0.05) is 55.7 Å². The maximum absolute atomic E-state index is 10.1. The average Bonchev–Trinajstić information content (AvgIpc) is 2.42. The second-order valence-corrected chi connectivity index (χ2v) is 6.23. The van der Waals surface area contributed by atoms with Crippen LogP contribution in [0.25, 0.3) is 0 Å². The first-order valence-electron chi connectivity index (χ1n) is 7.94. The number of hydrogen-bond donors (Lipinski definition) is 1. The van der Waals surface area contributed by atoms with Gasteiger partial charge in [0.25, 0.3) is 0 Å². The standard InChI is InChI=1S/C19H30O/c1-16(2)9-7-8-10-17(3)13-14-19(20)15-18-11-5-4-6-12-18/h4-6,11-12,17,19-20H,1,7-10,13-15H2,2-3H3/t17-,19?/m1/s1. The molecule has 0 heterocycles. The van der Waals surface area contributed by atoms with Gasteiger partial charge in [0.05, 0.1) is 6.10 Å². The van der Waals surface area contributed by atoms with Crippen LogP contribution >= 0.6 is 0 Å². The van der Waals surface area contributed by atoms with Crippen LogP contribution in [-0.4, -0.2) is 11.2 Å². The summed E-state index contributed by atoms with van der Waals surface area (Å²) in [4.78, 5) is 0. The van der Waals surface area contributed by atoms with Gasteiger partial charge in [-0.3, -0.25) is 0 Å². The van der Waals surface area contributed by atoms with Gasteiger partial charge in [-0.25, -0.2) is 0 Å². The van der Waals surface area contributed by atoms with Crippen molar-refractivity contribution >= 4 is 0 Å². The van der Waals surface area contributed by atoms with Gasteiger partial charge in [0.2, 0.25) is 0 Å². The summed E-state index contributed by atoms with van der Waals surface area (Å²) >= 11 is 0. The zero-order valence-corrected chi connectivity index (χ0v) is 13.1. The molecule has 0 spiro atoms. The van der Waals surface area contributed by atoms with Gasteiger partial charge >= 0.3 is 0 Å². The summed E-state index contributed by atoms with van der Waals surface area (Å²) in [6.07, 6.45) is 7.58. The van der Waals surface area contributed by atoms with E-state index in [1.165, 1.54) is 30.4 Å². The molecule has 1 N–H and O–H groups in total. The van der Waals surface area contributed by atoms with Crippen LogP contribution in [0.15, 0.2) is 42.5 Å². The Labute approximate surface area is 124 Å². The molecule has 1 unspecified atom stereocenters. The number of unbranched alkanes of at least 4 members (excludes halogenated alkanes) is 1. The Bertz CT molecular complexity index is 369. The molecule has 0 fully saturated rings.